The van der Waals surface area contributed by atoms with Crippen LogP contribution in [0.4, 0.5) is 0 Å². The van der Waals surface area contributed by atoms with Crippen molar-refractivity contribution in [1.82, 2.24) is 0 Å². The van der Waals surface area contributed by atoms with E-state index < -0.39 is 0 Å². The minimum absolute atomic E-state index is 1.09. The van der Waals surface area contributed by atoms with Gasteiger partial charge in [0.05, 0.1) is 0 Å². The maximum absolute atomic E-state index is 2.42. The Labute approximate surface area is 64.0 Å². The molecule has 58 valence electrons. The minimum atomic E-state index is 1.09. The molecule has 0 nitrogen and oxygen atoms in total. The largest absolute Gasteiger partial charge is 0.0622 e. The summed E-state index contributed by atoms with van der Waals surface area (Å²) in [6, 6.07) is 0. The highest BCUT2D eigenvalue weighted by Gasteiger charge is 2.39. The molecule has 0 N–H and O–H groups in total. The molecule has 2 rings (SSSR count). The summed E-state index contributed by atoms with van der Waals surface area (Å²) in [6.07, 6.45) is 9.20. The molecule has 0 bridgehead atoms. The van der Waals surface area contributed by atoms with E-state index in [4.69, 9.17) is 0 Å². The Morgan fingerprint density at radius 2 is 1.60 bits per heavy atom. The van der Waals surface area contributed by atoms with Crippen LogP contribution in [0.2, 0.25) is 0 Å². The van der Waals surface area contributed by atoms with E-state index >= 15 is 0 Å². The highest BCUT2D eigenvalue weighted by atomic mass is 14.4. The monoisotopic (exact) mass is 138 g/mol. The molecule has 0 aliphatic heterocycles. The second-order valence-electron chi connectivity index (χ2n) is 4.27. The molecule has 0 radical (unpaired) electrons. The zero-order valence-corrected chi connectivity index (χ0v) is 6.97. The van der Waals surface area contributed by atoms with Crippen molar-refractivity contribution >= 4 is 0 Å². The lowest BCUT2D eigenvalue weighted by molar-refractivity contribution is 0.312. The lowest BCUT2D eigenvalue weighted by atomic mass is 9.85. The van der Waals surface area contributed by atoms with E-state index in [0.717, 1.165) is 17.8 Å². The summed E-state index contributed by atoms with van der Waals surface area (Å²) in [5.74, 6) is 3.38. The lowest BCUT2D eigenvalue weighted by Gasteiger charge is -2.21. The molecule has 0 aromatic heterocycles. The Balaban J connectivity index is 1.81. The van der Waals surface area contributed by atoms with E-state index in [1.807, 2.05) is 0 Å². The van der Waals surface area contributed by atoms with Gasteiger partial charge in [-0.1, -0.05) is 39.0 Å². The predicted octanol–water partition coefficient (Wildman–Crippen LogP) is 3.22. The van der Waals surface area contributed by atoms with Crippen molar-refractivity contribution in [3.63, 3.8) is 0 Å². The topological polar surface area (TPSA) is 0 Å². The quantitative estimate of drug-likeness (QED) is 0.522. The lowest BCUT2D eigenvalue weighted by Crippen LogP contribution is -2.08. The first-order valence-corrected chi connectivity index (χ1v) is 4.88. The van der Waals surface area contributed by atoms with Gasteiger partial charge in [0.1, 0.15) is 0 Å². The van der Waals surface area contributed by atoms with Crippen LogP contribution in [0.25, 0.3) is 0 Å². The summed E-state index contributed by atoms with van der Waals surface area (Å²) in [4.78, 5) is 0. The van der Waals surface area contributed by atoms with E-state index in [2.05, 4.69) is 6.92 Å². The fourth-order valence-corrected chi connectivity index (χ4v) is 2.57. The van der Waals surface area contributed by atoms with E-state index in [1.165, 1.54) is 19.3 Å². The summed E-state index contributed by atoms with van der Waals surface area (Å²) in [6.45, 7) is 2.42. The van der Waals surface area contributed by atoms with Crippen molar-refractivity contribution in [3.8, 4) is 0 Å². The molecule has 0 saturated heterocycles. The smallest absolute Gasteiger partial charge is 0.0357 e. The van der Waals surface area contributed by atoms with E-state index in [0.29, 0.717) is 0 Å². The molecule has 2 fully saturated rings. The number of hydrogen-bond donors (Lipinski definition) is 0. The Morgan fingerprint density at radius 1 is 1.00 bits per heavy atom. The van der Waals surface area contributed by atoms with Gasteiger partial charge in [0.15, 0.2) is 0 Å². The van der Waals surface area contributed by atoms with Crippen LogP contribution in [0, 0.1) is 17.8 Å². The Bertz CT molecular complexity index is 111. The van der Waals surface area contributed by atoms with Crippen LogP contribution < -0.4 is 0 Å². The molecule has 0 aromatic carbocycles. The Kier molecular flexibility index (Phi) is 1.71. The van der Waals surface area contributed by atoms with Crippen molar-refractivity contribution in [2.45, 2.75) is 45.4 Å². The maximum atomic E-state index is 2.42. The van der Waals surface area contributed by atoms with Gasteiger partial charge in [-0.05, 0) is 24.2 Å². The van der Waals surface area contributed by atoms with Crippen LogP contribution in [0.5, 0.6) is 0 Å². The molecule has 2 aliphatic carbocycles. The number of rotatable bonds is 1. The predicted molar refractivity (Wildman–Crippen MR) is 43.8 cm³/mol. The molecule has 0 unspecified atom stereocenters. The molecule has 10 heavy (non-hydrogen) atoms. The van der Waals surface area contributed by atoms with Crippen molar-refractivity contribution in [3.05, 3.63) is 0 Å². The van der Waals surface area contributed by atoms with Crippen LogP contribution in [0.1, 0.15) is 45.4 Å². The van der Waals surface area contributed by atoms with Crippen molar-refractivity contribution < 1.29 is 0 Å². The summed E-state index contributed by atoms with van der Waals surface area (Å²) < 4.78 is 0. The van der Waals surface area contributed by atoms with Crippen LogP contribution in [-0.4, -0.2) is 0 Å². The molecule has 0 aromatic rings. The van der Waals surface area contributed by atoms with E-state index in [9.17, 15) is 0 Å². The normalized spacial score (nSPS) is 41.7. The zero-order chi connectivity index (χ0) is 6.97. The van der Waals surface area contributed by atoms with Crippen LogP contribution in [0.3, 0.4) is 0 Å². The first kappa shape index (κ1) is 6.69. The van der Waals surface area contributed by atoms with Gasteiger partial charge in [-0.15, -0.1) is 0 Å². The van der Waals surface area contributed by atoms with Crippen molar-refractivity contribution in [1.29, 1.82) is 0 Å². The van der Waals surface area contributed by atoms with E-state index in [1.54, 1.807) is 19.3 Å². The highest BCUT2D eigenvalue weighted by molar-refractivity contribution is 4.89. The summed E-state index contributed by atoms with van der Waals surface area (Å²) in [7, 11) is 0. The molecule has 2 aliphatic rings. The standard InChI is InChI=1S/C10H18/c1-8-7-10(8)9-5-3-2-4-6-9/h8-10H,2-7H2,1H3/t8-,10-/m0/s1. The second-order valence-corrected chi connectivity index (χ2v) is 4.27. The third-order valence-electron chi connectivity index (χ3n) is 3.43. The molecule has 0 heterocycles. The molecule has 0 amide bonds. The average molecular weight is 138 g/mol. The van der Waals surface area contributed by atoms with Gasteiger partial charge < -0.3 is 0 Å². The van der Waals surface area contributed by atoms with Gasteiger partial charge in [0, 0.05) is 0 Å². The second kappa shape index (κ2) is 2.56. The fraction of sp³-hybridized carbons (Fsp3) is 1.00. The molecule has 0 heteroatoms. The molecule has 2 saturated carbocycles. The van der Waals surface area contributed by atoms with Gasteiger partial charge in [-0.2, -0.15) is 0 Å². The Hall–Kier alpha value is 0. The van der Waals surface area contributed by atoms with Gasteiger partial charge in [-0.3, -0.25) is 0 Å². The summed E-state index contributed by atoms with van der Waals surface area (Å²) in [5, 5.41) is 0. The minimum Gasteiger partial charge on any atom is -0.0622 e. The fourth-order valence-electron chi connectivity index (χ4n) is 2.57. The van der Waals surface area contributed by atoms with E-state index in [-0.39, 0.29) is 0 Å². The van der Waals surface area contributed by atoms with Crippen molar-refractivity contribution in [2.24, 2.45) is 17.8 Å². The molecular formula is C10H18. The maximum Gasteiger partial charge on any atom is -0.0357 e. The van der Waals surface area contributed by atoms with Gasteiger partial charge >= 0.3 is 0 Å². The Morgan fingerprint density at radius 3 is 2.10 bits per heavy atom. The van der Waals surface area contributed by atoms with Gasteiger partial charge in [0.25, 0.3) is 0 Å². The van der Waals surface area contributed by atoms with Crippen LogP contribution >= 0.6 is 0 Å². The molecule has 0 spiro atoms. The van der Waals surface area contributed by atoms with Crippen LogP contribution in [0.15, 0.2) is 0 Å². The van der Waals surface area contributed by atoms with Gasteiger partial charge in [0.2, 0.25) is 0 Å². The van der Waals surface area contributed by atoms with Crippen LogP contribution in [-0.2, 0) is 0 Å². The SMILES string of the molecule is C[C@H]1C[C@@H]1C1CCCCC1. The third-order valence-corrected chi connectivity index (χ3v) is 3.43. The highest BCUT2D eigenvalue weighted by Crippen LogP contribution is 2.48. The third kappa shape index (κ3) is 1.21. The van der Waals surface area contributed by atoms with Crippen molar-refractivity contribution in [2.75, 3.05) is 0 Å². The number of hydrogen-bond acceptors (Lipinski definition) is 0. The zero-order valence-electron chi connectivity index (χ0n) is 6.97. The summed E-state index contributed by atoms with van der Waals surface area (Å²) in [5.41, 5.74) is 0. The van der Waals surface area contributed by atoms with Gasteiger partial charge in [-0.25, -0.2) is 0 Å². The first-order valence-electron chi connectivity index (χ1n) is 4.88. The molecular weight excluding hydrogens is 120 g/mol. The molecule has 2 atom stereocenters. The summed E-state index contributed by atoms with van der Waals surface area (Å²) >= 11 is 0. The average Bonchev–Trinajstić information content (AvgIpc) is 2.69. The first-order chi connectivity index (χ1) is 4.88.